The van der Waals surface area contributed by atoms with Crippen molar-refractivity contribution in [1.82, 2.24) is 5.32 Å². The molecule has 0 saturated carbocycles. The Hall–Kier alpha value is -2.12. The van der Waals surface area contributed by atoms with Crippen LogP contribution in [0.15, 0.2) is 24.3 Å². The molecule has 1 saturated heterocycles. The van der Waals surface area contributed by atoms with E-state index in [0.717, 1.165) is 6.92 Å². The average Bonchev–Trinajstić information content (AvgIpc) is 2.86. The molecule has 1 aliphatic heterocycles. The standard InChI is InChI=1S/C15H17ClN2O5/c1-15(23,14(21)22)8-17-12(19)11-5-6-18(13(11)20)10-4-2-3-9(16)7-10/h2-4,7,11,23H,5-6,8H2,1H3,(H,17,19)(H,21,22). The normalized spacial score (nSPS) is 20.2. The van der Waals surface area contributed by atoms with Crippen LogP contribution in [-0.2, 0) is 14.4 Å². The molecule has 3 N–H and O–H groups in total. The molecule has 2 atom stereocenters. The Bertz CT molecular complexity index is 647. The van der Waals surface area contributed by atoms with Gasteiger partial charge in [0.2, 0.25) is 11.8 Å². The first kappa shape index (κ1) is 17.2. The molecule has 1 heterocycles. The Morgan fingerprint density at radius 3 is 2.78 bits per heavy atom. The van der Waals surface area contributed by atoms with Gasteiger partial charge in [-0.15, -0.1) is 0 Å². The summed E-state index contributed by atoms with van der Waals surface area (Å²) in [6.07, 6.45) is 0.312. The highest BCUT2D eigenvalue weighted by atomic mass is 35.5. The van der Waals surface area contributed by atoms with Gasteiger partial charge < -0.3 is 20.4 Å². The minimum Gasteiger partial charge on any atom is -0.479 e. The molecule has 2 amide bonds. The number of aliphatic carboxylic acids is 1. The fourth-order valence-electron chi connectivity index (χ4n) is 2.28. The lowest BCUT2D eigenvalue weighted by molar-refractivity contribution is -0.156. The predicted molar refractivity (Wildman–Crippen MR) is 83.2 cm³/mol. The second kappa shape index (κ2) is 6.55. The molecule has 1 aromatic rings. The van der Waals surface area contributed by atoms with E-state index < -0.39 is 29.9 Å². The third kappa shape index (κ3) is 3.80. The molecule has 2 rings (SSSR count). The zero-order valence-corrected chi connectivity index (χ0v) is 13.2. The van der Waals surface area contributed by atoms with E-state index in [1.807, 2.05) is 0 Å². The molecule has 1 fully saturated rings. The van der Waals surface area contributed by atoms with Gasteiger partial charge in [-0.05, 0) is 31.5 Å². The summed E-state index contributed by atoms with van der Waals surface area (Å²) in [6.45, 7) is 0.971. The summed E-state index contributed by atoms with van der Waals surface area (Å²) in [4.78, 5) is 36.7. The van der Waals surface area contributed by atoms with E-state index in [0.29, 0.717) is 23.7 Å². The molecule has 0 spiro atoms. The maximum atomic E-state index is 12.4. The maximum Gasteiger partial charge on any atom is 0.337 e. The van der Waals surface area contributed by atoms with Crippen LogP contribution < -0.4 is 10.2 Å². The third-order valence-corrected chi connectivity index (χ3v) is 3.94. The summed E-state index contributed by atoms with van der Waals surface area (Å²) in [5.74, 6) is -3.32. The van der Waals surface area contributed by atoms with Gasteiger partial charge in [-0.2, -0.15) is 0 Å². The van der Waals surface area contributed by atoms with Crippen LogP contribution in [0.4, 0.5) is 5.69 Å². The number of hydrogen-bond acceptors (Lipinski definition) is 4. The highest BCUT2D eigenvalue weighted by Crippen LogP contribution is 2.27. The molecular weight excluding hydrogens is 324 g/mol. The quantitative estimate of drug-likeness (QED) is 0.682. The van der Waals surface area contributed by atoms with Gasteiger partial charge in [0.1, 0.15) is 5.92 Å². The number of amides is 2. The van der Waals surface area contributed by atoms with E-state index >= 15 is 0 Å². The minimum atomic E-state index is -2.08. The number of carbonyl (C=O) groups excluding carboxylic acids is 2. The molecule has 0 aromatic heterocycles. The number of carboxylic acid groups (broad SMARTS) is 1. The lowest BCUT2D eigenvalue weighted by Gasteiger charge is -2.20. The van der Waals surface area contributed by atoms with Crippen LogP contribution in [0, 0.1) is 5.92 Å². The summed E-state index contributed by atoms with van der Waals surface area (Å²) in [5.41, 5.74) is -1.47. The predicted octanol–water partition coefficient (Wildman–Crippen LogP) is 0.645. The van der Waals surface area contributed by atoms with Crippen molar-refractivity contribution < 1.29 is 24.6 Å². The fourth-order valence-corrected chi connectivity index (χ4v) is 2.47. The zero-order valence-electron chi connectivity index (χ0n) is 12.5. The Labute approximate surface area is 137 Å². The van der Waals surface area contributed by atoms with Crippen molar-refractivity contribution in [1.29, 1.82) is 0 Å². The van der Waals surface area contributed by atoms with Crippen LogP contribution in [0.3, 0.4) is 0 Å². The lowest BCUT2D eigenvalue weighted by Crippen LogP contribution is -2.48. The number of aliphatic hydroxyl groups is 1. The van der Waals surface area contributed by atoms with Crippen LogP contribution in [0.1, 0.15) is 13.3 Å². The monoisotopic (exact) mass is 340 g/mol. The van der Waals surface area contributed by atoms with Crippen LogP contribution in [0.2, 0.25) is 5.02 Å². The Morgan fingerprint density at radius 1 is 1.48 bits per heavy atom. The van der Waals surface area contributed by atoms with Gasteiger partial charge in [-0.1, -0.05) is 17.7 Å². The van der Waals surface area contributed by atoms with E-state index in [2.05, 4.69) is 5.32 Å². The number of carboxylic acids is 1. The van der Waals surface area contributed by atoms with Gasteiger partial charge in [0.15, 0.2) is 5.60 Å². The van der Waals surface area contributed by atoms with Crippen molar-refractivity contribution in [3.8, 4) is 0 Å². The Kier molecular flexibility index (Phi) is 4.91. The van der Waals surface area contributed by atoms with Crippen LogP contribution >= 0.6 is 11.6 Å². The Balaban J connectivity index is 2.01. The van der Waals surface area contributed by atoms with Crippen LogP contribution in [-0.4, -0.2) is 46.7 Å². The van der Waals surface area contributed by atoms with Gasteiger partial charge in [0.25, 0.3) is 0 Å². The zero-order chi connectivity index (χ0) is 17.2. The van der Waals surface area contributed by atoms with Crippen LogP contribution in [0.5, 0.6) is 0 Å². The number of nitrogens with one attached hydrogen (secondary N) is 1. The molecular formula is C15H17ClN2O5. The molecule has 0 aliphatic carbocycles. The van der Waals surface area contributed by atoms with E-state index in [1.165, 1.54) is 4.90 Å². The number of anilines is 1. The highest BCUT2D eigenvalue weighted by molar-refractivity contribution is 6.31. The maximum absolute atomic E-state index is 12.4. The van der Waals surface area contributed by atoms with E-state index in [1.54, 1.807) is 24.3 Å². The van der Waals surface area contributed by atoms with Crippen molar-refractivity contribution in [2.24, 2.45) is 5.92 Å². The van der Waals surface area contributed by atoms with Gasteiger partial charge >= 0.3 is 5.97 Å². The number of carbonyl (C=O) groups is 3. The topological polar surface area (TPSA) is 107 Å². The Morgan fingerprint density at radius 2 is 2.17 bits per heavy atom. The van der Waals surface area contributed by atoms with Crippen LogP contribution in [0.25, 0.3) is 0 Å². The smallest absolute Gasteiger partial charge is 0.337 e. The third-order valence-electron chi connectivity index (χ3n) is 3.71. The molecule has 0 radical (unpaired) electrons. The van der Waals surface area contributed by atoms with Crippen molar-refractivity contribution in [3.05, 3.63) is 29.3 Å². The molecule has 1 aliphatic rings. The summed E-state index contributed by atoms with van der Waals surface area (Å²) < 4.78 is 0. The molecule has 124 valence electrons. The second-order valence-corrected chi connectivity index (χ2v) is 6.04. The fraction of sp³-hybridized carbons (Fsp3) is 0.400. The molecule has 1 aromatic carbocycles. The molecule has 8 heteroatoms. The highest BCUT2D eigenvalue weighted by Gasteiger charge is 2.39. The van der Waals surface area contributed by atoms with E-state index in [4.69, 9.17) is 16.7 Å². The molecule has 7 nitrogen and oxygen atoms in total. The largest absolute Gasteiger partial charge is 0.479 e. The SMILES string of the molecule is CC(O)(CNC(=O)C1CCN(c2cccc(Cl)c2)C1=O)C(=O)O. The van der Waals surface area contributed by atoms with Gasteiger partial charge in [0, 0.05) is 17.3 Å². The first-order valence-corrected chi connectivity index (χ1v) is 7.40. The summed E-state index contributed by atoms with van der Waals surface area (Å²) in [7, 11) is 0. The molecule has 2 unspecified atom stereocenters. The molecule has 23 heavy (non-hydrogen) atoms. The van der Waals surface area contributed by atoms with Crippen molar-refractivity contribution >= 4 is 35.1 Å². The number of benzene rings is 1. The first-order valence-electron chi connectivity index (χ1n) is 7.03. The lowest BCUT2D eigenvalue weighted by atomic mass is 10.1. The number of halogens is 1. The van der Waals surface area contributed by atoms with Gasteiger partial charge in [-0.3, -0.25) is 9.59 Å². The number of nitrogens with zero attached hydrogens (tertiary/aromatic N) is 1. The van der Waals surface area contributed by atoms with Crippen molar-refractivity contribution in [2.75, 3.05) is 18.0 Å². The second-order valence-electron chi connectivity index (χ2n) is 5.61. The number of rotatable bonds is 5. The van der Waals surface area contributed by atoms with Crippen molar-refractivity contribution in [2.45, 2.75) is 18.9 Å². The van der Waals surface area contributed by atoms with Gasteiger partial charge in [-0.25, -0.2) is 4.79 Å². The van der Waals surface area contributed by atoms with Crippen molar-refractivity contribution in [3.63, 3.8) is 0 Å². The van der Waals surface area contributed by atoms with E-state index in [9.17, 15) is 19.5 Å². The minimum absolute atomic E-state index is 0.312. The summed E-state index contributed by atoms with van der Waals surface area (Å²) in [6, 6.07) is 6.75. The summed E-state index contributed by atoms with van der Waals surface area (Å²) in [5, 5.41) is 21.2. The first-order chi connectivity index (χ1) is 10.7. The average molecular weight is 341 g/mol. The van der Waals surface area contributed by atoms with Gasteiger partial charge in [0.05, 0.1) is 6.54 Å². The molecule has 0 bridgehead atoms. The summed E-state index contributed by atoms with van der Waals surface area (Å²) >= 11 is 5.90. The number of hydrogen-bond donors (Lipinski definition) is 3. The van der Waals surface area contributed by atoms with E-state index in [-0.39, 0.29) is 5.91 Å².